The Labute approximate surface area is 104 Å². The summed E-state index contributed by atoms with van der Waals surface area (Å²) in [4.78, 5) is 12.7. The van der Waals surface area contributed by atoms with Gasteiger partial charge in [0.05, 0.1) is 16.7 Å². The Kier molecular flexibility index (Phi) is 2.44. The van der Waals surface area contributed by atoms with Crippen molar-refractivity contribution >= 4 is 17.0 Å². The first-order valence-corrected chi connectivity index (χ1v) is 5.72. The van der Waals surface area contributed by atoms with Gasteiger partial charge in [-0.15, -0.1) is 0 Å². The normalized spacial score (nSPS) is 10.9. The molecule has 18 heavy (non-hydrogen) atoms. The number of fused-ring (bicyclic) bond motifs is 1. The number of nitrogen functional groups attached to an aromatic ring is 1. The summed E-state index contributed by atoms with van der Waals surface area (Å²) >= 11 is 0. The maximum Gasteiger partial charge on any atom is 0.220 e. The second kappa shape index (κ2) is 4.10. The topological polar surface area (TPSA) is 69.6 Å². The van der Waals surface area contributed by atoms with Crippen LogP contribution in [0.2, 0.25) is 0 Å². The van der Waals surface area contributed by atoms with Crippen molar-refractivity contribution in [3.8, 4) is 0 Å². The van der Waals surface area contributed by atoms with Crippen molar-refractivity contribution in [2.24, 2.45) is 7.05 Å². The van der Waals surface area contributed by atoms with Gasteiger partial charge in [0.2, 0.25) is 5.95 Å². The number of nitrogens with two attached hydrogens (primary N) is 1. The third-order valence-corrected chi connectivity index (χ3v) is 2.95. The van der Waals surface area contributed by atoms with Gasteiger partial charge in [-0.1, -0.05) is 12.1 Å². The van der Waals surface area contributed by atoms with Gasteiger partial charge in [-0.25, -0.2) is 15.0 Å². The molecule has 0 aliphatic carbocycles. The molecule has 90 valence electrons. The number of rotatable bonds is 2. The molecule has 2 N–H and O–H groups in total. The summed E-state index contributed by atoms with van der Waals surface area (Å²) in [5.74, 6) is 1.26. The molecule has 2 aromatic heterocycles. The number of nitrogens with zero attached hydrogens (tertiary/aromatic N) is 4. The fraction of sp³-hybridized carbons (Fsp3) is 0.154. The van der Waals surface area contributed by atoms with Gasteiger partial charge in [0, 0.05) is 19.7 Å². The molecule has 3 rings (SSSR count). The van der Waals surface area contributed by atoms with Crippen LogP contribution in [0.5, 0.6) is 0 Å². The fourth-order valence-electron chi connectivity index (χ4n) is 2.03. The Hall–Kier alpha value is -2.43. The highest BCUT2D eigenvalue weighted by Crippen LogP contribution is 2.16. The first-order valence-electron chi connectivity index (χ1n) is 5.72. The molecule has 5 nitrogen and oxygen atoms in total. The van der Waals surface area contributed by atoms with Gasteiger partial charge in [-0.3, -0.25) is 0 Å². The van der Waals surface area contributed by atoms with Gasteiger partial charge in [0.1, 0.15) is 5.82 Å². The summed E-state index contributed by atoms with van der Waals surface area (Å²) in [6.45, 7) is 0. The van der Waals surface area contributed by atoms with Gasteiger partial charge in [0.15, 0.2) is 0 Å². The molecule has 0 radical (unpaired) electrons. The average Bonchev–Trinajstić information content (AvgIpc) is 2.67. The second-order valence-electron chi connectivity index (χ2n) is 4.16. The molecule has 2 heterocycles. The number of aromatic nitrogens is 4. The monoisotopic (exact) mass is 239 g/mol. The number of hydrogen-bond donors (Lipinski definition) is 1. The van der Waals surface area contributed by atoms with E-state index in [-0.39, 0.29) is 0 Å². The van der Waals surface area contributed by atoms with Gasteiger partial charge >= 0.3 is 0 Å². The van der Waals surface area contributed by atoms with Crippen molar-refractivity contribution in [1.29, 1.82) is 0 Å². The molecule has 0 spiro atoms. The summed E-state index contributed by atoms with van der Waals surface area (Å²) in [7, 11) is 2.01. The maximum absolute atomic E-state index is 5.58. The van der Waals surface area contributed by atoms with Crippen LogP contribution in [0.3, 0.4) is 0 Å². The lowest BCUT2D eigenvalue weighted by Gasteiger charge is -2.02. The van der Waals surface area contributed by atoms with Crippen molar-refractivity contribution in [3.63, 3.8) is 0 Å². The molecule has 0 aliphatic rings. The lowest BCUT2D eigenvalue weighted by molar-refractivity contribution is 0.830. The Morgan fingerprint density at radius 2 is 2.00 bits per heavy atom. The lowest BCUT2D eigenvalue weighted by Crippen LogP contribution is -2.03. The lowest BCUT2D eigenvalue weighted by atomic mass is 10.3. The molecule has 1 aromatic carbocycles. The molecule has 0 fully saturated rings. The van der Waals surface area contributed by atoms with Crippen LogP contribution >= 0.6 is 0 Å². The minimum Gasteiger partial charge on any atom is -0.368 e. The Balaban J connectivity index is 2.02. The van der Waals surface area contributed by atoms with Gasteiger partial charge in [-0.2, -0.15) is 0 Å². The van der Waals surface area contributed by atoms with E-state index in [9.17, 15) is 0 Å². The van der Waals surface area contributed by atoms with E-state index in [1.165, 1.54) is 0 Å². The molecule has 0 saturated heterocycles. The maximum atomic E-state index is 5.58. The highest BCUT2D eigenvalue weighted by atomic mass is 15.1. The summed E-state index contributed by atoms with van der Waals surface area (Å²) < 4.78 is 2.08. The van der Waals surface area contributed by atoms with E-state index < -0.39 is 0 Å². The van der Waals surface area contributed by atoms with E-state index in [2.05, 4.69) is 25.6 Å². The van der Waals surface area contributed by atoms with Crippen LogP contribution < -0.4 is 5.73 Å². The summed E-state index contributed by atoms with van der Waals surface area (Å²) in [5.41, 5.74) is 8.57. The highest BCUT2D eigenvalue weighted by Gasteiger charge is 2.08. The molecular weight excluding hydrogens is 226 g/mol. The summed E-state index contributed by atoms with van der Waals surface area (Å²) in [6, 6.07) is 9.92. The third-order valence-electron chi connectivity index (χ3n) is 2.95. The molecule has 0 amide bonds. The first-order chi connectivity index (χ1) is 8.74. The van der Waals surface area contributed by atoms with Crippen molar-refractivity contribution in [3.05, 3.63) is 48.0 Å². The standard InChI is InChI=1S/C13H13N5/c1-18-11-5-3-2-4-10(11)17-12(18)8-9-6-7-15-13(14)16-9/h2-7H,8H2,1H3,(H2,14,15,16). The van der Waals surface area contributed by atoms with E-state index in [0.29, 0.717) is 12.4 Å². The predicted octanol–water partition coefficient (Wildman–Crippen LogP) is 1.54. The van der Waals surface area contributed by atoms with Gasteiger partial charge in [-0.05, 0) is 18.2 Å². The zero-order valence-corrected chi connectivity index (χ0v) is 10.0. The largest absolute Gasteiger partial charge is 0.368 e. The number of anilines is 1. The van der Waals surface area contributed by atoms with Crippen molar-refractivity contribution in [2.45, 2.75) is 6.42 Å². The van der Waals surface area contributed by atoms with E-state index in [1.807, 2.05) is 31.3 Å². The number of imidazole rings is 1. The van der Waals surface area contributed by atoms with Crippen LogP contribution in [-0.4, -0.2) is 19.5 Å². The van der Waals surface area contributed by atoms with E-state index in [0.717, 1.165) is 22.6 Å². The first kappa shape index (κ1) is 10.7. The van der Waals surface area contributed by atoms with Crippen LogP contribution in [0, 0.1) is 0 Å². The van der Waals surface area contributed by atoms with E-state index in [4.69, 9.17) is 5.73 Å². The molecular formula is C13H13N5. The van der Waals surface area contributed by atoms with Crippen LogP contribution in [0.15, 0.2) is 36.5 Å². The van der Waals surface area contributed by atoms with Gasteiger partial charge < -0.3 is 10.3 Å². The quantitative estimate of drug-likeness (QED) is 0.736. The second-order valence-corrected chi connectivity index (χ2v) is 4.16. The van der Waals surface area contributed by atoms with Crippen LogP contribution in [0.1, 0.15) is 11.5 Å². The minimum atomic E-state index is 0.297. The summed E-state index contributed by atoms with van der Waals surface area (Å²) in [5, 5.41) is 0. The fourth-order valence-corrected chi connectivity index (χ4v) is 2.03. The van der Waals surface area contributed by atoms with Gasteiger partial charge in [0.25, 0.3) is 0 Å². The Morgan fingerprint density at radius 1 is 1.17 bits per heavy atom. The Bertz CT molecular complexity index is 701. The third kappa shape index (κ3) is 1.79. The molecule has 0 aliphatic heterocycles. The molecule has 0 saturated carbocycles. The van der Waals surface area contributed by atoms with E-state index in [1.54, 1.807) is 6.20 Å². The predicted molar refractivity (Wildman–Crippen MR) is 70.0 cm³/mol. The average molecular weight is 239 g/mol. The van der Waals surface area contributed by atoms with Crippen LogP contribution in [0.4, 0.5) is 5.95 Å². The SMILES string of the molecule is Cn1c(Cc2ccnc(N)n2)nc2ccccc21. The molecule has 3 aromatic rings. The molecule has 0 bridgehead atoms. The molecule has 0 atom stereocenters. The summed E-state index contributed by atoms with van der Waals surface area (Å²) in [6.07, 6.45) is 2.32. The zero-order valence-electron chi connectivity index (χ0n) is 10.0. The van der Waals surface area contributed by atoms with Crippen LogP contribution in [0.25, 0.3) is 11.0 Å². The highest BCUT2D eigenvalue weighted by molar-refractivity contribution is 5.75. The minimum absolute atomic E-state index is 0.297. The zero-order chi connectivity index (χ0) is 12.5. The number of hydrogen-bond acceptors (Lipinski definition) is 4. The smallest absolute Gasteiger partial charge is 0.220 e. The molecule has 0 unspecified atom stereocenters. The van der Waals surface area contributed by atoms with Crippen molar-refractivity contribution in [1.82, 2.24) is 19.5 Å². The molecule has 5 heteroatoms. The Morgan fingerprint density at radius 3 is 2.78 bits per heavy atom. The van der Waals surface area contributed by atoms with Crippen molar-refractivity contribution in [2.75, 3.05) is 5.73 Å². The number of benzene rings is 1. The number of para-hydroxylation sites is 2. The van der Waals surface area contributed by atoms with E-state index >= 15 is 0 Å². The van der Waals surface area contributed by atoms with Crippen molar-refractivity contribution < 1.29 is 0 Å². The van der Waals surface area contributed by atoms with Crippen LogP contribution in [-0.2, 0) is 13.5 Å². The number of aryl methyl sites for hydroxylation is 1.